The SMILES string of the molecule is C=C(C)/C(=C\C=C(\Oc1ccnc2cc(C(N)=O)c(OCc3ccccc3)cc12)C(=C)c1ncccn1)CC. The topological polar surface area (TPSA) is 100 Å². The third kappa shape index (κ3) is 6.64. The molecule has 0 atom stereocenters. The van der Waals surface area contributed by atoms with E-state index in [9.17, 15) is 4.79 Å². The molecule has 0 unspecified atom stereocenters. The molecular weight excluding hydrogens is 488 g/mol. The van der Waals surface area contributed by atoms with Crippen molar-refractivity contribution in [1.82, 2.24) is 15.0 Å². The number of pyridine rings is 1. The van der Waals surface area contributed by atoms with Gasteiger partial charge in [0.2, 0.25) is 0 Å². The Morgan fingerprint density at radius 1 is 0.949 bits per heavy atom. The zero-order valence-electron chi connectivity index (χ0n) is 22.1. The summed E-state index contributed by atoms with van der Waals surface area (Å²) in [7, 11) is 0. The second-order valence-corrected chi connectivity index (χ2v) is 8.82. The van der Waals surface area contributed by atoms with Gasteiger partial charge >= 0.3 is 0 Å². The smallest absolute Gasteiger partial charge is 0.252 e. The fraction of sp³-hybridized carbons (Fsp3) is 0.125. The van der Waals surface area contributed by atoms with E-state index in [1.54, 1.807) is 42.9 Å². The zero-order valence-corrected chi connectivity index (χ0v) is 22.1. The quantitative estimate of drug-likeness (QED) is 0.178. The summed E-state index contributed by atoms with van der Waals surface area (Å²) in [5.74, 6) is 1.10. The van der Waals surface area contributed by atoms with Crippen molar-refractivity contribution >= 4 is 22.4 Å². The van der Waals surface area contributed by atoms with E-state index in [0.717, 1.165) is 23.1 Å². The molecule has 0 spiro atoms. The number of allylic oxidation sites excluding steroid dienone is 5. The van der Waals surface area contributed by atoms with Gasteiger partial charge in [-0.3, -0.25) is 9.78 Å². The molecule has 2 aromatic heterocycles. The van der Waals surface area contributed by atoms with Crippen LogP contribution < -0.4 is 15.2 Å². The highest BCUT2D eigenvalue weighted by Gasteiger charge is 2.17. The van der Waals surface area contributed by atoms with E-state index < -0.39 is 5.91 Å². The van der Waals surface area contributed by atoms with E-state index in [2.05, 4.69) is 35.0 Å². The normalized spacial score (nSPS) is 11.7. The number of amides is 1. The van der Waals surface area contributed by atoms with Crippen molar-refractivity contribution in [3.63, 3.8) is 0 Å². The van der Waals surface area contributed by atoms with Crippen molar-refractivity contribution in [2.75, 3.05) is 0 Å². The Balaban J connectivity index is 1.78. The molecule has 0 radical (unpaired) electrons. The molecule has 0 fully saturated rings. The van der Waals surface area contributed by atoms with Gasteiger partial charge in [-0.15, -0.1) is 0 Å². The molecule has 0 aliphatic heterocycles. The maximum Gasteiger partial charge on any atom is 0.252 e. The van der Waals surface area contributed by atoms with Gasteiger partial charge in [-0.1, -0.05) is 62.1 Å². The number of benzene rings is 2. The summed E-state index contributed by atoms with van der Waals surface area (Å²) in [4.78, 5) is 25.3. The molecular formula is C32H30N4O3. The maximum absolute atomic E-state index is 12.3. The van der Waals surface area contributed by atoms with Gasteiger partial charge in [0.15, 0.2) is 5.82 Å². The Kier molecular flexibility index (Phi) is 8.64. The number of hydrogen-bond donors (Lipinski definition) is 1. The minimum Gasteiger partial charge on any atom is -0.488 e. The highest BCUT2D eigenvalue weighted by molar-refractivity contribution is 6.01. The van der Waals surface area contributed by atoms with Crippen LogP contribution in [0.1, 0.15) is 42.0 Å². The highest BCUT2D eigenvalue weighted by atomic mass is 16.5. The molecule has 7 nitrogen and oxygen atoms in total. The number of nitrogens with zero attached hydrogens (tertiary/aromatic N) is 3. The first kappa shape index (κ1) is 27.0. The molecule has 2 aromatic carbocycles. The summed E-state index contributed by atoms with van der Waals surface area (Å²) in [5, 5.41) is 0.637. The van der Waals surface area contributed by atoms with Crippen LogP contribution in [0.25, 0.3) is 16.5 Å². The molecule has 0 saturated heterocycles. The van der Waals surface area contributed by atoms with Gasteiger partial charge in [0, 0.05) is 24.0 Å². The average Bonchev–Trinajstić information content (AvgIpc) is 2.95. The lowest BCUT2D eigenvalue weighted by Gasteiger charge is -2.16. The number of hydrogen-bond acceptors (Lipinski definition) is 6. The van der Waals surface area contributed by atoms with Crippen LogP contribution in [-0.2, 0) is 6.61 Å². The minimum atomic E-state index is -0.611. The Bertz CT molecular complexity index is 1580. The first-order chi connectivity index (χ1) is 18.9. The summed E-state index contributed by atoms with van der Waals surface area (Å²) in [5.41, 5.74) is 9.93. The summed E-state index contributed by atoms with van der Waals surface area (Å²) >= 11 is 0. The van der Waals surface area contributed by atoms with Gasteiger partial charge in [0.05, 0.1) is 16.7 Å². The Morgan fingerprint density at radius 3 is 2.36 bits per heavy atom. The van der Waals surface area contributed by atoms with Gasteiger partial charge in [-0.25, -0.2) is 9.97 Å². The molecule has 4 aromatic rings. The second-order valence-electron chi connectivity index (χ2n) is 8.82. The third-order valence-corrected chi connectivity index (χ3v) is 6.02. The minimum absolute atomic E-state index is 0.234. The Labute approximate surface area is 228 Å². The molecule has 7 heteroatoms. The number of fused-ring (bicyclic) bond motifs is 1. The molecule has 0 aliphatic rings. The lowest BCUT2D eigenvalue weighted by Crippen LogP contribution is -2.13. The number of ether oxygens (including phenoxy) is 2. The fourth-order valence-electron chi connectivity index (χ4n) is 3.90. The van der Waals surface area contributed by atoms with Crippen LogP contribution in [0.4, 0.5) is 0 Å². The van der Waals surface area contributed by atoms with Gasteiger partial charge in [-0.05, 0) is 54.8 Å². The van der Waals surface area contributed by atoms with E-state index in [4.69, 9.17) is 15.2 Å². The van der Waals surface area contributed by atoms with Crippen LogP contribution in [0.2, 0.25) is 0 Å². The largest absolute Gasteiger partial charge is 0.488 e. The number of carbonyl (C=O) groups is 1. The highest BCUT2D eigenvalue weighted by Crippen LogP contribution is 2.34. The van der Waals surface area contributed by atoms with E-state index in [1.807, 2.05) is 49.4 Å². The Hall–Kier alpha value is -5.04. The number of carbonyl (C=O) groups excluding carboxylic acids is 1. The van der Waals surface area contributed by atoms with E-state index in [0.29, 0.717) is 39.6 Å². The summed E-state index contributed by atoms with van der Waals surface area (Å²) in [6, 6.07) is 16.5. The molecule has 196 valence electrons. The molecule has 39 heavy (non-hydrogen) atoms. The lowest BCUT2D eigenvalue weighted by molar-refractivity contribution is 0.0996. The van der Waals surface area contributed by atoms with Crippen molar-refractivity contribution in [3.05, 3.63) is 132 Å². The third-order valence-electron chi connectivity index (χ3n) is 6.02. The standard InChI is InChI=1S/C32H30N4O3/c1-5-24(21(2)3)12-13-28(22(4)32-35-15-9-16-36-32)39-29-14-17-34-27-18-26(31(33)37)30(19-25(27)29)38-20-23-10-7-6-8-11-23/h6-19H,2,4-5,20H2,1,3H3,(H2,33,37)/b24-12-,28-13+. The number of primary amides is 1. The average molecular weight is 519 g/mol. The first-order valence-corrected chi connectivity index (χ1v) is 12.5. The van der Waals surface area contributed by atoms with Crippen LogP contribution in [0.3, 0.4) is 0 Å². The van der Waals surface area contributed by atoms with Crippen LogP contribution in [-0.4, -0.2) is 20.9 Å². The molecule has 0 aliphatic carbocycles. The number of nitrogens with two attached hydrogens (primary N) is 1. The molecule has 1 amide bonds. The van der Waals surface area contributed by atoms with Crippen molar-refractivity contribution < 1.29 is 14.3 Å². The monoisotopic (exact) mass is 518 g/mol. The zero-order chi connectivity index (χ0) is 27.8. The predicted molar refractivity (Wildman–Crippen MR) is 154 cm³/mol. The van der Waals surface area contributed by atoms with Crippen LogP contribution in [0.5, 0.6) is 11.5 Å². The molecule has 0 bridgehead atoms. The second kappa shape index (κ2) is 12.5. The van der Waals surface area contributed by atoms with Gasteiger partial charge in [0.25, 0.3) is 5.91 Å². The van der Waals surface area contributed by atoms with Crippen molar-refractivity contribution in [1.29, 1.82) is 0 Å². The predicted octanol–water partition coefficient (Wildman–Crippen LogP) is 6.59. The van der Waals surface area contributed by atoms with E-state index in [1.165, 1.54) is 0 Å². The molecule has 2 heterocycles. The maximum atomic E-state index is 12.3. The summed E-state index contributed by atoms with van der Waals surface area (Å²) < 4.78 is 12.5. The van der Waals surface area contributed by atoms with E-state index >= 15 is 0 Å². The Morgan fingerprint density at radius 2 is 1.69 bits per heavy atom. The van der Waals surface area contributed by atoms with Crippen molar-refractivity contribution in [2.45, 2.75) is 26.9 Å². The van der Waals surface area contributed by atoms with Crippen LogP contribution >= 0.6 is 0 Å². The van der Waals surface area contributed by atoms with Crippen molar-refractivity contribution in [3.8, 4) is 11.5 Å². The van der Waals surface area contributed by atoms with Gasteiger partial charge in [-0.2, -0.15) is 0 Å². The number of aromatic nitrogens is 3. The molecule has 4 rings (SSSR count). The van der Waals surface area contributed by atoms with Gasteiger partial charge in [0.1, 0.15) is 23.9 Å². The summed E-state index contributed by atoms with van der Waals surface area (Å²) in [6.07, 6.45) is 9.50. The molecule has 0 saturated carbocycles. The fourth-order valence-corrected chi connectivity index (χ4v) is 3.90. The van der Waals surface area contributed by atoms with Crippen LogP contribution in [0.15, 0.2) is 115 Å². The number of rotatable bonds is 11. The lowest BCUT2D eigenvalue weighted by atomic mass is 10.1. The van der Waals surface area contributed by atoms with Crippen molar-refractivity contribution in [2.24, 2.45) is 5.73 Å². The van der Waals surface area contributed by atoms with Crippen LogP contribution in [0, 0.1) is 0 Å². The summed E-state index contributed by atoms with van der Waals surface area (Å²) in [6.45, 7) is 12.5. The van der Waals surface area contributed by atoms with Gasteiger partial charge < -0.3 is 15.2 Å². The first-order valence-electron chi connectivity index (χ1n) is 12.5. The molecule has 2 N–H and O–H groups in total. The van der Waals surface area contributed by atoms with E-state index in [-0.39, 0.29) is 12.2 Å².